The molecule has 2 aromatic rings. The van der Waals surface area contributed by atoms with Gasteiger partial charge in [0, 0.05) is 50.8 Å². The van der Waals surface area contributed by atoms with E-state index in [9.17, 15) is 4.79 Å². The first-order valence-electron chi connectivity index (χ1n) is 8.95. The molecule has 0 radical (unpaired) electrons. The number of rotatable bonds is 3. The number of thiophene rings is 1. The highest BCUT2D eigenvalue weighted by atomic mass is 32.1. The highest BCUT2D eigenvalue weighted by Gasteiger charge is 2.40. The van der Waals surface area contributed by atoms with Gasteiger partial charge >= 0.3 is 0 Å². The number of hydrogen-bond acceptors (Lipinski definition) is 4. The number of carbonyl (C=O) groups excluding carboxylic acids is 1. The quantitative estimate of drug-likeness (QED) is 0.845. The van der Waals surface area contributed by atoms with Crippen molar-refractivity contribution in [2.45, 2.75) is 25.0 Å². The number of carbonyl (C=O) groups is 1. The van der Waals surface area contributed by atoms with E-state index in [1.807, 2.05) is 46.2 Å². The zero-order valence-corrected chi connectivity index (χ0v) is 15.5. The maximum Gasteiger partial charge on any atom is 0.270 e. The van der Waals surface area contributed by atoms with Crippen LogP contribution in [-0.4, -0.2) is 58.7 Å². The molecule has 2 aliphatic rings. The maximum absolute atomic E-state index is 12.7. The van der Waals surface area contributed by atoms with Crippen LogP contribution in [0.3, 0.4) is 0 Å². The lowest BCUT2D eigenvalue weighted by Crippen LogP contribution is -2.57. The summed E-state index contributed by atoms with van der Waals surface area (Å²) in [6, 6.07) is 8.13. The molecule has 2 fully saturated rings. The Hall–Kier alpha value is -1.63. The van der Waals surface area contributed by atoms with Crippen LogP contribution in [0.15, 0.2) is 35.8 Å². The molecule has 134 valence electrons. The Morgan fingerprint density at radius 1 is 1.24 bits per heavy atom. The Morgan fingerprint density at radius 2 is 2.08 bits per heavy atom. The molecule has 0 bridgehead atoms. The van der Waals surface area contributed by atoms with E-state index in [0.717, 1.165) is 57.9 Å². The summed E-state index contributed by atoms with van der Waals surface area (Å²) in [6.07, 6.45) is 3.76. The number of aromatic nitrogens is 1. The first-order chi connectivity index (χ1) is 12.2. The third-order valence-electron chi connectivity index (χ3n) is 5.41. The second-order valence-corrected chi connectivity index (χ2v) is 8.15. The van der Waals surface area contributed by atoms with E-state index >= 15 is 0 Å². The van der Waals surface area contributed by atoms with E-state index in [0.29, 0.717) is 0 Å². The summed E-state index contributed by atoms with van der Waals surface area (Å²) < 4.78 is 8.11. The summed E-state index contributed by atoms with van der Waals surface area (Å²) >= 11 is 1.82. The van der Waals surface area contributed by atoms with Gasteiger partial charge in [-0.1, -0.05) is 6.07 Å². The van der Waals surface area contributed by atoms with Crippen molar-refractivity contribution < 1.29 is 9.53 Å². The Labute approximate surface area is 152 Å². The van der Waals surface area contributed by atoms with Crippen LogP contribution in [0.2, 0.25) is 0 Å². The van der Waals surface area contributed by atoms with E-state index in [2.05, 4.69) is 22.4 Å². The van der Waals surface area contributed by atoms with Gasteiger partial charge in [-0.3, -0.25) is 9.69 Å². The van der Waals surface area contributed by atoms with Gasteiger partial charge in [-0.05, 0) is 36.4 Å². The molecule has 2 aliphatic heterocycles. The molecule has 1 spiro atoms. The normalized spacial score (nSPS) is 20.9. The van der Waals surface area contributed by atoms with E-state index in [1.165, 1.54) is 4.88 Å². The summed E-state index contributed by atoms with van der Waals surface area (Å²) in [4.78, 5) is 18.6. The van der Waals surface area contributed by atoms with Gasteiger partial charge in [0.05, 0.1) is 12.2 Å². The molecule has 4 heterocycles. The second-order valence-electron chi connectivity index (χ2n) is 7.12. The molecule has 2 saturated heterocycles. The van der Waals surface area contributed by atoms with Crippen LogP contribution in [0.5, 0.6) is 0 Å². The van der Waals surface area contributed by atoms with Crippen LogP contribution in [-0.2, 0) is 18.3 Å². The van der Waals surface area contributed by atoms with Gasteiger partial charge in [-0.15, -0.1) is 11.3 Å². The SMILES string of the molecule is Cn1cccc1C(=O)N1CCC2(CC1)CN(Cc1cccs1)CCO2. The molecule has 1 amide bonds. The first kappa shape index (κ1) is 16.8. The van der Waals surface area contributed by atoms with Gasteiger partial charge < -0.3 is 14.2 Å². The molecule has 0 aromatic carbocycles. The highest BCUT2D eigenvalue weighted by Crippen LogP contribution is 2.31. The Morgan fingerprint density at radius 3 is 2.76 bits per heavy atom. The van der Waals surface area contributed by atoms with Crippen LogP contribution in [0.1, 0.15) is 28.2 Å². The fourth-order valence-electron chi connectivity index (χ4n) is 3.95. The number of hydrogen-bond donors (Lipinski definition) is 0. The van der Waals surface area contributed by atoms with Gasteiger partial charge in [-0.2, -0.15) is 0 Å². The average Bonchev–Trinajstić information content (AvgIpc) is 3.27. The summed E-state index contributed by atoms with van der Waals surface area (Å²) in [5.74, 6) is 0.133. The van der Waals surface area contributed by atoms with E-state index in [1.54, 1.807) is 0 Å². The standard InChI is InChI=1S/C19H25N3O2S/c1-20-8-2-5-17(20)18(23)22-9-6-19(7-10-22)15-21(11-12-24-19)14-16-4-3-13-25-16/h2-5,8,13H,6-7,9-12,14-15H2,1H3. The maximum atomic E-state index is 12.7. The third kappa shape index (κ3) is 3.52. The fourth-order valence-corrected chi connectivity index (χ4v) is 4.69. The van der Waals surface area contributed by atoms with Gasteiger partial charge in [0.1, 0.15) is 5.69 Å². The number of aryl methyl sites for hydroxylation is 1. The van der Waals surface area contributed by atoms with Crippen LogP contribution in [0, 0.1) is 0 Å². The molecule has 4 rings (SSSR count). The van der Waals surface area contributed by atoms with E-state index in [-0.39, 0.29) is 11.5 Å². The van der Waals surface area contributed by atoms with Gasteiger partial charge in [-0.25, -0.2) is 0 Å². The monoisotopic (exact) mass is 359 g/mol. The molecule has 0 N–H and O–H groups in total. The van der Waals surface area contributed by atoms with Crippen molar-refractivity contribution in [1.82, 2.24) is 14.4 Å². The lowest BCUT2D eigenvalue weighted by molar-refractivity contribution is -0.134. The van der Waals surface area contributed by atoms with E-state index < -0.39 is 0 Å². The lowest BCUT2D eigenvalue weighted by atomic mass is 9.89. The van der Waals surface area contributed by atoms with Crippen molar-refractivity contribution in [1.29, 1.82) is 0 Å². The zero-order valence-electron chi connectivity index (χ0n) is 14.7. The van der Waals surface area contributed by atoms with Gasteiger partial charge in [0.15, 0.2) is 0 Å². The molecule has 6 heteroatoms. The molecule has 25 heavy (non-hydrogen) atoms. The fraction of sp³-hybridized carbons (Fsp3) is 0.526. The molecule has 0 aliphatic carbocycles. The number of morpholine rings is 1. The Balaban J connectivity index is 1.37. The first-order valence-corrected chi connectivity index (χ1v) is 9.83. The minimum atomic E-state index is -0.0828. The van der Waals surface area contributed by atoms with Crippen LogP contribution < -0.4 is 0 Å². The summed E-state index contributed by atoms with van der Waals surface area (Å²) in [6.45, 7) is 5.31. The number of piperidine rings is 1. The van der Waals surface area contributed by atoms with Crippen molar-refractivity contribution in [3.8, 4) is 0 Å². The summed E-state index contributed by atoms with van der Waals surface area (Å²) in [7, 11) is 1.92. The average molecular weight is 359 g/mol. The van der Waals surface area contributed by atoms with Gasteiger partial charge in [0.2, 0.25) is 0 Å². The molecule has 2 aromatic heterocycles. The van der Waals surface area contributed by atoms with Crippen molar-refractivity contribution in [2.24, 2.45) is 7.05 Å². The number of ether oxygens (including phenoxy) is 1. The minimum Gasteiger partial charge on any atom is -0.372 e. The topological polar surface area (TPSA) is 37.7 Å². The molecular weight excluding hydrogens is 334 g/mol. The van der Waals surface area contributed by atoms with Crippen molar-refractivity contribution in [3.63, 3.8) is 0 Å². The molecule has 5 nitrogen and oxygen atoms in total. The molecule has 0 saturated carbocycles. The molecular formula is C19H25N3O2S. The van der Waals surface area contributed by atoms with Crippen molar-refractivity contribution in [3.05, 3.63) is 46.4 Å². The predicted molar refractivity (Wildman–Crippen MR) is 98.8 cm³/mol. The number of amides is 1. The summed E-state index contributed by atoms with van der Waals surface area (Å²) in [5.41, 5.74) is 0.681. The third-order valence-corrected chi connectivity index (χ3v) is 6.27. The zero-order chi connectivity index (χ0) is 17.3. The van der Waals surface area contributed by atoms with Crippen LogP contribution >= 0.6 is 11.3 Å². The van der Waals surface area contributed by atoms with Crippen molar-refractivity contribution in [2.75, 3.05) is 32.8 Å². The largest absolute Gasteiger partial charge is 0.372 e. The Bertz CT molecular complexity index is 717. The van der Waals surface area contributed by atoms with Crippen molar-refractivity contribution >= 4 is 17.2 Å². The Kier molecular flexibility index (Phi) is 4.67. The lowest BCUT2D eigenvalue weighted by Gasteiger charge is -2.47. The second kappa shape index (κ2) is 6.94. The van der Waals surface area contributed by atoms with Crippen LogP contribution in [0.4, 0.5) is 0 Å². The van der Waals surface area contributed by atoms with Crippen LogP contribution in [0.25, 0.3) is 0 Å². The number of nitrogens with zero attached hydrogens (tertiary/aromatic N) is 3. The molecule has 0 unspecified atom stereocenters. The molecule has 0 atom stereocenters. The predicted octanol–water partition coefficient (Wildman–Crippen LogP) is 2.59. The minimum absolute atomic E-state index is 0.0828. The highest BCUT2D eigenvalue weighted by molar-refractivity contribution is 7.09. The number of likely N-dealkylation sites (tertiary alicyclic amines) is 1. The van der Waals surface area contributed by atoms with Gasteiger partial charge in [0.25, 0.3) is 5.91 Å². The smallest absolute Gasteiger partial charge is 0.270 e. The van der Waals surface area contributed by atoms with E-state index in [4.69, 9.17) is 4.74 Å². The summed E-state index contributed by atoms with van der Waals surface area (Å²) in [5, 5.41) is 2.14.